The standard InChI is InChI=1S/C26H24FN3O3/c27-21-10-6-19(7-11-21)18-33-26(32)29-23-12-8-20(9-13-23)24(31)15-14-22-4-3-5-25(28-22)30-16-1-2-17-30/h3-15H,1-2,16-18H2,(H,29,32). The summed E-state index contributed by atoms with van der Waals surface area (Å²) < 4.78 is 18.0. The van der Waals surface area contributed by atoms with E-state index in [-0.39, 0.29) is 18.2 Å². The van der Waals surface area contributed by atoms with Crippen molar-refractivity contribution in [1.29, 1.82) is 0 Å². The van der Waals surface area contributed by atoms with Crippen LogP contribution >= 0.6 is 0 Å². The van der Waals surface area contributed by atoms with Crippen molar-refractivity contribution in [3.8, 4) is 0 Å². The van der Waals surface area contributed by atoms with Crippen LogP contribution < -0.4 is 10.2 Å². The summed E-state index contributed by atoms with van der Waals surface area (Å²) in [6.07, 6.45) is 4.92. The number of amides is 1. The van der Waals surface area contributed by atoms with Gasteiger partial charge in [-0.25, -0.2) is 14.2 Å². The van der Waals surface area contributed by atoms with Gasteiger partial charge in [0.15, 0.2) is 5.78 Å². The fraction of sp³-hybridized carbons (Fsp3) is 0.192. The number of ketones is 1. The van der Waals surface area contributed by atoms with E-state index in [0.717, 1.165) is 24.6 Å². The highest BCUT2D eigenvalue weighted by atomic mass is 19.1. The van der Waals surface area contributed by atoms with Gasteiger partial charge >= 0.3 is 6.09 Å². The van der Waals surface area contributed by atoms with Gasteiger partial charge in [0.2, 0.25) is 0 Å². The lowest BCUT2D eigenvalue weighted by Crippen LogP contribution is -2.18. The van der Waals surface area contributed by atoms with E-state index < -0.39 is 6.09 Å². The highest BCUT2D eigenvalue weighted by Gasteiger charge is 2.13. The molecule has 0 atom stereocenters. The highest BCUT2D eigenvalue weighted by Crippen LogP contribution is 2.18. The normalized spacial score (nSPS) is 13.3. The zero-order chi connectivity index (χ0) is 23.0. The van der Waals surface area contributed by atoms with Crippen molar-refractivity contribution < 1.29 is 18.7 Å². The monoisotopic (exact) mass is 445 g/mol. The molecule has 0 aliphatic carbocycles. The number of aromatic nitrogens is 1. The third kappa shape index (κ3) is 6.26. The molecule has 0 saturated carbocycles. The second-order valence-corrected chi connectivity index (χ2v) is 7.72. The van der Waals surface area contributed by atoms with Crippen molar-refractivity contribution in [2.45, 2.75) is 19.4 Å². The molecule has 168 valence electrons. The number of nitrogens with one attached hydrogen (secondary N) is 1. The summed E-state index contributed by atoms with van der Waals surface area (Å²) in [5.74, 6) is 0.428. The quantitative estimate of drug-likeness (QED) is 0.386. The maximum Gasteiger partial charge on any atom is 0.411 e. The van der Waals surface area contributed by atoms with Crippen LogP contribution in [0.15, 0.2) is 72.8 Å². The average Bonchev–Trinajstić information content (AvgIpc) is 3.38. The molecule has 2 aromatic carbocycles. The SMILES string of the molecule is O=C(Nc1ccc(C(=O)C=Cc2cccc(N3CCCC3)n2)cc1)OCc1ccc(F)cc1. The second kappa shape index (κ2) is 10.5. The van der Waals surface area contributed by atoms with Crippen molar-refractivity contribution in [3.05, 3.63) is 95.4 Å². The Bertz CT molecular complexity index is 1140. The number of ether oxygens (including phenoxy) is 1. The number of nitrogens with zero attached hydrogens (tertiary/aromatic N) is 2. The highest BCUT2D eigenvalue weighted by molar-refractivity contribution is 6.07. The second-order valence-electron chi connectivity index (χ2n) is 7.72. The number of carbonyl (C=O) groups is 2. The largest absolute Gasteiger partial charge is 0.444 e. The molecular weight excluding hydrogens is 421 g/mol. The van der Waals surface area contributed by atoms with Gasteiger partial charge in [0.05, 0.1) is 5.69 Å². The first-order valence-electron chi connectivity index (χ1n) is 10.8. The third-order valence-electron chi connectivity index (χ3n) is 5.29. The van der Waals surface area contributed by atoms with Gasteiger partial charge in [-0.3, -0.25) is 10.1 Å². The van der Waals surface area contributed by atoms with Crippen molar-refractivity contribution in [2.75, 3.05) is 23.3 Å². The summed E-state index contributed by atoms with van der Waals surface area (Å²) in [6.45, 7) is 2.05. The molecule has 0 unspecified atom stereocenters. The average molecular weight is 445 g/mol. The van der Waals surface area contributed by atoms with E-state index in [0.29, 0.717) is 16.8 Å². The van der Waals surface area contributed by atoms with E-state index in [4.69, 9.17) is 4.74 Å². The van der Waals surface area contributed by atoms with E-state index in [1.54, 1.807) is 42.5 Å². The molecule has 0 radical (unpaired) electrons. The van der Waals surface area contributed by atoms with Crippen LogP contribution in [-0.4, -0.2) is 29.9 Å². The van der Waals surface area contributed by atoms with Crippen molar-refractivity contribution in [3.63, 3.8) is 0 Å². The maximum absolute atomic E-state index is 12.9. The number of allylic oxidation sites excluding steroid dienone is 1. The lowest BCUT2D eigenvalue weighted by molar-refractivity contribution is 0.104. The van der Waals surface area contributed by atoms with Crippen LogP contribution in [0.2, 0.25) is 0 Å². The van der Waals surface area contributed by atoms with Gasteiger partial charge in [-0.15, -0.1) is 0 Å². The van der Waals surface area contributed by atoms with Crippen LogP contribution in [0.25, 0.3) is 6.08 Å². The Kier molecular flexibility index (Phi) is 7.09. The maximum atomic E-state index is 12.9. The van der Waals surface area contributed by atoms with Gasteiger partial charge in [-0.2, -0.15) is 0 Å². The number of pyridine rings is 1. The minimum Gasteiger partial charge on any atom is -0.444 e. The minimum atomic E-state index is -0.637. The molecule has 0 spiro atoms. The third-order valence-corrected chi connectivity index (χ3v) is 5.29. The molecule has 1 saturated heterocycles. The summed E-state index contributed by atoms with van der Waals surface area (Å²) in [5, 5.41) is 2.60. The van der Waals surface area contributed by atoms with Crippen LogP contribution in [0.5, 0.6) is 0 Å². The van der Waals surface area contributed by atoms with Crippen molar-refractivity contribution in [1.82, 2.24) is 4.98 Å². The lowest BCUT2D eigenvalue weighted by atomic mass is 10.1. The number of benzene rings is 2. The molecule has 1 aromatic heterocycles. The summed E-state index contributed by atoms with van der Waals surface area (Å²) >= 11 is 0. The molecule has 1 aliphatic rings. The summed E-state index contributed by atoms with van der Waals surface area (Å²) in [6, 6.07) is 18.0. The smallest absolute Gasteiger partial charge is 0.411 e. The van der Waals surface area contributed by atoms with E-state index >= 15 is 0 Å². The number of carbonyl (C=O) groups excluding carboxylic acids is 2. The number of hydrogen-bond acceptors (Lipinski definition) is 5. The van der Waals surface area contributed by atoms with E-state index in [9.17, 15) is 14.0 Å². The fourth-order valence-corrected chi connectivity index (χ4v) is 3.51. The Hall–Kier alpha value is -4.00. The van der Waals surface area contributed by atoms with Crippen LogP contribution in [-0.2, 0) is 11.3 Å². The molecular formula is C26H24FN3O3. The first-order valence-corrected chi connectivity index (χ1v) is 10.8. The molecule has 1 fully saturated rings. The molecule has 3 aromatic rings. The first kappa shape index (κ1) is 22.2. The van der Waals surface area contributed by atoms with Gasteiger partial charge in [-0.1, -0.05) is 18.2 Å². The van der Waals surface area contributed by atoms with E-state index in [1.807, 2.05) is 18.2 Å². The lowest BCUT2D eigenvalue weighted by Gasteiger charge is -2.16. The molecule has 7 heteroatoms. The van der Waals surface area contributed by atoms with Crippen molar-refractivity contribution in [2.24, 2.45) is 0 Å². The number of hydrogen-bond donors (Lipinski definition) is 1. The predicted molar refractivity (Wildman–Crippen MR) is 126 cm³/mol. The number of anilines is 2. The molecule has 1 N–H and O–H groups in total. The van der Waals surface area contributed by atoms with Crippen LogP contribution in [0.1, 0.15) is 34.5 Å². The number of rotatable bonds is 7. The van der Waals surface area contributed by atoms with Gasteiger partial charge < -0.3 is 9.64 Å². The molecule has 4 rings (SSSR count). The summed E-state index contributed by atoms with van der Waals surface area (Å²) in [4.78, 5) is 31.3. The zero-order valence-electron chi connectivity index (χ0n) is 18.0. The Morgan fingerprint density at radius 1 is 1.00 bits per heavy atom. The zero-order valence-corrected chi connectivity index (χ0v) is 18.0. The van der Waals surface area contributed by atoms with Gasteiger partial charge in [0.25, 0.3) is 0 Å². The van der Waals surface area contributed by atoms with Gasteiger partial charge in [-0.05, 0) is 79.1 Å². The Balaban J connectivity index is 1.30. The van der Waals surface area contributed by atoms with Crippen LogP contribution in [0.4, 0.5) is 20.7 Å². The summed E-state index contributed by atoms with van der Waals surface area (Å²) in [5.41, 5.74) is 2.40. The Morgan fingerprint density at radius 2 is 1.73 bits per heavy atom. The fourth-order valence-electron chi connectivity index (χ4n) is 3.51. The molecule has 6 nitrogen and oxygen atoms in total. The van der Waals surface area contributed by atoms with Crippen molar-refractivity contribution >= 4 is 29.5 Å². The molecule has 1 amide bonds. The first-order chi connectivity index (χ1) is 16.1. The Morgan fingerprint density at radius 3 is 2.45 bits per heavy atom. The van der Waals surface area contributed by atoms with Crippen LogP contribution in [0.3, 0.4) is 0 Å². The molecule has 1 aliphatic heterocycles. The van der Waals surface area contributed by atoms with Gasteiger partial charge in [0, 0.05) is 24.3 Å². The summed E-state index contributed by atoms with van der Waals surface area (Å²) in [7, 11) is 0. The minimum absolute atomic E-state index is 0.0282. The molecule has 2 heterocycles. The molecule has 33 heavy (non-hydrogen) atoms. The predicted octanol–water partition coefficient (Wildman–Crippen LogP) is 5.47. The number of halogens is 1. The Labute approximate surface area is 191 Å². The van der Waals surface area contributed by atoms with E-state index in [2.05, 4.69) is 15.2 Å². The molecule has 0 bridgehead atoms. The topological polar surface area (TPSA) is 71.5 Å². The van der Waals surface area contributed by atoms with Gasteiger partial charge in [0.1, 0.15) is 18.2 Å². The van der Waals surface area contributed by atoms with Crippen LogP contribution in [0, 0.1) is 5.82 Å². The van der Waals surface area contributed by atoms with E-state index in [1.165, 1.54) is 31.1 Å².